The van der Waals surface area contributed by atoms with Crippen molar-refractivity contribution < 1.29 is 18.3 Å². The van der Waals surface area contributed by atoms with E-state index in [2.05, 4.69) is 5.32 Å². The smallest absolute Gasteiger partial charge is 0.242 e. The van der Waals surface area contributed by atoms with E-state index in [-0.39, 0.29) is 36.6 Å². The molecule has 2 N–H and O–H groups in total. The molecule has 7 heteroatoms. The second-order valence-electron chi connectivity index (χ2n) is 6.00. The minimum Gasteiger partial charge on any atom is -0.395 e. The maximum atomic E-state index is 12.8. The van der Waals surface area contributed by atoms with E-state index in [4.69, 9.17) is 0 Å². The van der Waals surface area contributed by atoms with Gasteiger partial charge in [-0.25, -0.2) is 8.42 Å². The lowest BCUT2D eigenvalue weighted by molar-refractivity contribution is -0.141. The van der Waals surface area contributed by atoms with Gasteiger partial charge in [0.05, 0.1) is 23.7 Å². The number of sulfone groups is 1. The molecule has 0 bridgehead atoms. The molecule has 20 heavy (non-hydrogen) atoms. The molecule has 2 aliphatic rings. The lowest BCUT2D eigenvalue weighted by Gasteiger charge is -2.40. The summed E-state index contributed by atoms with van der Waals surface area (Å²) in [6, 6.07) is -0.291. The van der Waals surface area contributed by atoms with Gasteiger partial charge in [-0.3, -0.25) is 4.79 Å². The highest BCUT2D eigenvalue weighted by atomic mass is 32.2. The molecule has 0 aromatic rings. The number of carbonyl (C=O) groups is 1. The average Bonchev–Trinajstić information content (AvgIpc) is 2.76. The van der Waals surface area contributed by atoms with Crippen LogP contribution in [-0.4, -0.2) is 67.1 Å². The Hall–Kier alpha value is -0.660. The number of hydrogen-bond acceptors (Lipinski definition) is 5. The van der Waals surface area contributed by atoms with Gasteiger partial charge in [0, 0.05) is 12.6 Å². The van der Waals surface area contributed by atoms with E-state index in [0.29, 0.717) is 6.42 Å². The molecule has 2 rings (SSSR count). The summed E-state index contributed by atoms with van der Waals surface area (Å²) in [5.74, 6) is 0.0830. The summed E-state index contributed by atoms with van der Waals surface area (Å²) < 4.78 is 23.2. The number of amides is 1. The van der Waals surface area contributed by atoms with Crippen LogP contribution in [0.15, 0.2) is 0 Å². The summed E-state index contributed by atoms with van der Waals surface area (Å²) in [7, 11) is -3.04. The van der Waals surface area contributed by atoms with E-state index < -0.39 is 15.4 Å². The van der Waals surface area contributed by atoms with Gasteiger partial charge in [-0.1, -0.05) is 0 Å². The van der Waals surface area contributed by atoms with Gasteiger partial charge in [-0.15, -0.1) is 0 Å². The lowest BCUT2D eigenvalue weighted by Crippen LogP contribution is -2.60. The van der Waals surface area contributed by atoms with E-state index in [9.17, 15) is 18.3 Å². The van der Waals surface area contributed by atoms with Crippen LogP contribution in [0, 0.1) is 0 Å². The predicted molar refractivity (Wildman–Crippen MR) is 76.1 cm³/mol. The van der Waals surface area contributed by atoms with Crippen LogP contribution in [0.3, 0.4) is 0 Å². The van der Waals surface area contributed by atoms with Gasteiger partial charge in [0.1, 0.15) is 0 Å². The van der Waals surface area contributed by atoms with Crippen LogP contribution in [0.5, 0.6) is 0 Å². The number of aliphatic hydroxyl groups is 1. The average molecular weight is 304 g/mol. The van der Waals surface area contributed by atoms with Crippen LogP contribution in [0.4, 0.5) is 0 Å². The van der Waals surface area contributed by atoms with Gasteiger partial charge in [0.25, 0.3) is 0 Å². The molecule has 2 heterocycles. The van der Waals surface area contributed by atoms with Crippen molar-refractivity contribution in [3.8, 4) is 0 Å². The van der Waals surface area contributed by atoms with Gasteiger partial charge >= 0.3 is 0 Å². The molecule has 2 fully saturated rings. The van der Waals surface area contributed by atoms with Crippen LogP contribution < -0.4 is 5.32 Å². The summed E-state index contributed by atoms with van der Waals surface area (Å²) in [6.07, 6.45) is 3.28. The zero-order valence-electron chi connectivity index (χ0n) is 12.0. The zero-order chi connectivity index (χ0) is 14.8. The van der Waals surface area contributed by atoms with Crippen molar-refractivity contribution >= 4 is 15.7 Å². The summed E-state index contributed by atoms with van der Waals surface area (Å²) in [6.45, 7) is 2.75. The largest absolute Gasteiger partial charge is 0.395 e. The number of rotatable bonds is 4. The molecule has 2 aliphatic heterocycles. The van der Waals surface area contributed by atoms with Crippen molar-refractivity contribution in [2.24, 2.45) is 0 Å². The van der Waals surface area contributed by atoms with Crippen molar-refractivity contribution in [3.63, 3.8) is 0 Å². The van der Waals surface area contributed by atoms with Gasteiger partial charge < -0.3 is 15.3 Å². The summed E-state index contributed by atoms with van der Waals surface area (Å²) >= 11 is 0. The maximum absolute atomic E-state index is 12.8. The fraction of sp³-hybridized carbons (Fsp3) is 0.923. The Bertz CT molecular complexity index is 457. The molecule has 1 amide bonds. The Morgan fingerprint density at radius 2 is 2.20 bits per heavy atom. The van der Waals surface area contributed by atoms with Gasteiger partial charge in [0.2, 0.25) is 5.91 Å². The first-order valence-corrected chi connectivity index (χ1v) is 9.07. The van der Waals surface area contributed by atoms with Crippen LogP contribution in [0.1, 0.15) is 32.6 Å². The van der Waals surface area contributed by atoms with Crippen molar-refractivity contribution in [2.75, 3.05) is 31.2 Å². The fourth-order valence-electron chi connectivity index (χ4n) is 3.13. The summed E-state index contributed by atoms with van der Waals surface area (Å²) in [5.41, 5.74) is -0.625. The SMILES string of the molecule is CC1(C(=O)N(CCO)C2CCS(=O)(=O)C2)CCCCN1. The van der Waals surface area contributed by atoms with Crippen molar-refractivity contribution in [2.45, 2.75) is 44.2 Å². The number of hydrogen-bond donors (Lipinski definition) is 2. The number of aliphatic hydroxyl groups excluding tert-OH is 1. The number of nitrogens with one attached hydrogen (secondary N) is 1. The molecule has 0 aromatic carbocycles. The normalized spacial score (nSPS) is 33.0. The third-order valence-corrected chi connectivity index (χ3v) is 6.09. The Kier molecular flexibility index (Phi) is 4.71. The van der Waals surface area contributed by atoms with E-state index >= 15 is 0 Å². The molecule has 0 saturated carbocycles. The monoisotopic (exact) mass is 304 g/mol. The van der Waals surface area contributed by atoms with E-state index in [0.717, 1.165) is 25.8 Å². The van der Waals surface area contributed by atoms with Crippen molar-refractivity contribution in [1.82, 2.24) is 10.2 Å². The fourth-order valence-corrected chi connectivity index (χ4v) is 4.87. The first-order valence-electron chi connectivity index (χ1n) is 7.25. The molecule has 2 atom stereocenters. The minimum atomic E-state index is -3.04. The van der Waals surface area contributed by atoms with Crippen LogP contribution >= 0.6 is 0 Å². The second kappa shape index (κ2) is 5.99. The molecule has 2 unspecified atom stereocenters. The Morgan fingerprint density at radius 1 is 1.45 bits per heavy atom. The van der Waals surface area contributed by atoms with Crippen molar-refractivity contribution in [3.05, 3.63) is 0 Å². The van der Waals surface area contributed by atoms with Crippen molar-refractivity contribution in [1.29, 1.82) is 0 Å². The van der Waals surface area contributed by atoms with E-state index in [1.54, 1.807) is 4.90 Å². The van der Waals surface area contributed by atoms with Crippen LogP contribution in [0.2, 0.25) is 0 Å². The highest BCUT2D eigenvalue weighted by Crippen LogP contribution is 2.25. The maximum Gasteiger partial charge on any atom is 0.242 e. The van der Waals surface area contributed by atoms with Gasteiger partial charge in [-0.05, 0) is 39.2 Å². The van der Waals surface area contributed by atoms with Gasteiger partial charge in [-0.2, -0.15) is 0 Å². The highest BCUT2D eigenvalue weighted by Gasteiger charge is 2.42. The third kappa shape index (κ3) is 3.32. The topological polar surface area (TPSA) is 86.7 Å². The molecule has 2 saturated heterocycles. The molecule has 116 valence electrons. The van der Waals surface area contributed by atoms with E-state index in [1.807, 2.05) is 6.92 Å². The van der Waals surface area contributed by atoms with Gasteiger partial charge in [0.15, 0.2) is 9.84 Å². The molecule has 6 nitrogen and oxygen atoms in total. The Morgan fingerprint density at radius 3 is 2.70 bits per heavy atom. The number of nitrogens with zero attached hydrogens (tertiary/aromatic N) is 1. The predicted octanol–water partition coefficient (Wildman–Crippen LogP) is -0.473. The lowest BCUT2D eigenvalue weighted by atomic mass is 9.89. The first kappa shape index (κ1) is 15.7. The quantitative estimate of drug-likeness (QED) is 0.733. The standard InChI is InChI=1S/C13H24N2O4S/c1-13(5-2-3-6-14-13)12(17)15(7-8-16)11-4-9-20(18,19)10-11/h11,14,16H,2-10H2,1H3. The Labute approximate surface area is 120 Å². The molecule has 0 radical (unpaired) electrons. The second-order valence-corrected chi connectivity index (χ2v) is 8.22. The van der Waals surface area contributed by atoms with Crippen LogP contribution in [-0.2, 0) is 14.6 Å². The molecular formula is C13H24N2O4S. The zero-order valence-corrected chi connectivity index (χ0v) is 12.8. The summed E-state index contributed by atoms with van der Waals surface area (Å²) in [5, 5.41) is 12.5. The first-order chi connectivity index (χ1) is 9.38. The van der Waals surface area contributed by atoms with Crippen LogP contribution in [0.25, 0.3) is 0 Å². The number of piperidine rings is 1. The number of carbonyl (C=O) groups excluding carboxylic acids is 1. The molecular weight excluding hydrogens is 280 g/mol. The molecule has 0 aromatic heterocycles. The molecule has 0 aliphatic carbocycles. The highest BCUT2D eigenvalue weighted by molar-refractivity contribution is 7.91. The Balaban J connectivity index is 2.13. The summed E-state index contributed by atoms with van der Waals surface area (Å²) in [4.78, 5) is 14.3. The minimum absolute atomic E-state index is 0.0226. The third-order valence-electron chi connectivity index (χ3n) is 4.34. The van der Waals surface area contributed by atoms with E-state index in [1.165, 1.54) is 0 Å². The molecule has 0 spiro atoms.